The first-order chi connectivity index (χ1) is 28.7. The van der Waals surface area contributed by atoms with Gasteiger partial charge in [-0.25, -0.2) is 18.2 Å². The molecule has 5 aliphatic rings. The van der Waals surface area contributed by atoms with Gasteiger partial charge in [0.2, 0.25) is 39.5 Å². The first-order valence-corrected chi connectivity index (χ1v) is 22.6. The van der Waals surface area contributed by atoms with Gasteiger partial charge in [0.25, 0.3) is 5.91 Å². The standard InChI is InChI=1S/C40H50N8O10S2/c1-4-23-18-40(23,38(53)47-60(55,56)26-11-12-26)46-35(51)30-17-25(58-36-27-13-10-24(57-3)16-22(27)14-15-41-36)20-48(30)37(52)28(19-42-32(49)5-2)43-33(50)9-7-6-8-31-34-29(21-59-31)44-39(54)45-34/h4-5,10,13-16,23,25-26,28-31,34H,1-2,6-9,11-12,17-21H2,3H3,(H,42,49)(H,43,50)(H,46,51)(H,47,53)(H2,44,45,54)/t23-,25-,28+,29-,30+,31-,34-,40-/m1/s1. The van der Waals surface area contributed by atoms with E-state index in [-0.39, 0.29) is 61.6 Å². The van der Waals surface area contributed by atoms with Gasteiger partial charge in [-0.05, 0) is 67.8 Å². The highest BCUT2D eigenvalue weighted by atomic mass is 32.2. The molecular weight excluding hydrogens is 817 g/mol. The van der Waals surface area contributed by atoms with E-state index >= 15 is 0 Å². The van der Waals surface area contributed by atoms with Gasteiger partial charge in [0.05, 0.1) is 31.0 Å². The molecule has 60 heavy (non-hydrogen) atoms. The van der Waals surface area contributed by atoms with Crippen LogP contribution in [0.15, 0.2) is 55.8 Å². The van der Waals surface area contributed by atoms with Gasteiger partial charge in [-0.3, -0.25) is 28.7 Å². The number of rotatable bonds is 19. The molecule has 5 fully saturated rings. The molecule has 4 heterocycles. The highest BCUT2D eigenvalue weighted by Gasteiger charge is 2.62. The van der Waals surface area contributed by atoms with E-state index in [1.165, 1.54) is 11.0 Å². The Kier molecular flexibility index (Phi) is 12.6. The summed E-state index contributed by atoms with van der Waals surface area (Å²) in [7, 11) is -2.40. The summed E-state index contributed by atoms with van der Waals surface area (Å²) < 4.78 is 39.4. The number of urea groups is 1. The number of carbonyl (C=O) groups is 6. The lowest BCUT2D eigenvalue weighted by Crippen LogP contribution is -2.59. The van der Waals surface area contributed by atoms with Crippen LogP contribution in [0.5, 0.6) is 11.6 Å². The smallest absolute Gasteiger partial charge is 0.315 e. The molecule has 3 saturated heterocycles. The number of sulfonamides is 1. The Morgan fingerprint density at radius 1 is 1.13 bits per heavy atom. The van der Waals surface area contributed by atoms with Gasteiger partial charge in [-0.2, -0.15) is 11.8 Å². The number of nitrogens with one attached hydrogen (secondary N) is 6. The van der Waals surface area contributed by atoms with E-state index < -0.39 is 74.5 Å². The second-order valence-electron chi connectivity index (χ2n) is 15.8. The number of benzene rings is 1. The van der Waals surface area contributed by atoms with E-state index in [0.717, 1.165) is 23.6 Å². The average molecular weight is 867 g/mol. The predicted octanol–water partition coefficient (Wildman–Crippen LogP) is 0.774. The number of hydrogen-bond acceptors (Lipinski definition) is 12. The number of fused-ring (bicyclic) bond motifs is 2. The Morgan fingerprint density at radius 2 is 1.93 bits per heavy atom. The summed E-state index contributed by atoms with van der Waals surface area (Å²) in [5, 5.41) is 14.9. The van der Waals surface area contributed by atoms with Crippen LogP contribution < -0.4 is 40.8 Å². The minimum absolute atomic E-state index is 0.0349. The monoisotopic (exact) mass is 866 g/mol. The molecule has 18 nitrogen and oxygen atoms in total. The molecule has 7 rings (SSSR count). The van der Waals surface area contributed by atoms with Crippen molar-refractivity contribution in [1.29, 1.82) is 0 Å². The van der Waals surface area contributed by atoms with Gasteiger partial charge in [-0.15, -0.1) is 6.58 Å². The summed E-state index contributed by atoms with van der Waals surface area (Å²) in [6, 6.07) is 4.50. The van der Waals surface area contributed by atoms with Crippen molar-refractivity contribution in [2.75, 3.05) is 26.0 Å². The molecule has 1 aromatic heterocycles. The van der Waals surface area contributed by atoms with Crippen molar-refractivity contribution in [1.82, 2.24) is 41.2 Å². The zero-order chi connectivity index (χ0) is 42.8. The fourth-order valence-electron chi connectivity index (χ4n) is 8.12. The summed E-state index contributed by atoms with van der Waals surface area (Å²) >= 11 is 1.77. The minimum atomic E-state index is -3.95. The van der Waals surface area contributed by atoms with Crippen LogP contribution in [0.1, 0.15) is 51.4 Å². The largest absolute Gasteiger partial charge is 0.497 e. The molecule has 0 spiro atoms. The third-order valence-corrected chi connectivity index (χ3v) is 15.0. The van der Waals surface area contributed by atoms with Crippen molar-refractivity contribution in [3.8, 4) is 11.6 Å². The van der Waals surface area contributed by atoms with Crippen molar-refractivity contribution < 1.29 is 46.7 Å². The van der Waals surface area contributed by atoms with Gasteiger partial charge in [0, 0.05) is 47.9 Å². The quantitative estimate of drug-likeness (QED) is 0.0497. The van der Waals surface area contributed by atoms with Crippen LogP contribution in [0.3, 0.4) is 0 Å². The summed E-state index contributed by atoms with van der Waals surface area (Å²) in [5.41, 5.74) is -1.62. The normalized spacial score (nSPS) is 27.1. The Hall–Kier alpha value is -5.37. The van der Waals surface area contributed by atoms with Crippen LogP contribution in [-0.4, -0.2) is 126 Å². The molecule has 0 bridgehead atoms. The highest BCUT2D eigenvalue weighted by Crippen LogP contribution is 2.45. The van der Waals surface area contributed by atoms with E-state index in [2.05, 4.69) is 49.4 Å². The average Bonchev–Trinajstić information content (AvgIpc) is 4.10. The number of methoxy groups -OCH3 is 1. The van der Waals surface area contributed by atoms with Gasteiger partial charge in [-0.1, -0.05) is 19.1 Å². The van der Waals surface area contributed by atoms with E-state index in [0.29, 0.717) is 36.8 Å². The molecule has 0 radical (unpaired) electrons. The summed E-state index contributed by atoms with van der Waals surface area (Å²) in [4.78, 5) is 85.6. The SMILES string of the molecule is C=CC(=O)NC[C@H](NC(=O)CCCC[C@H]1SC[C@H]2NC(=O)N[C@H]21)C(=O)N1C[C@H](Oc2nccc3cc(OC)ccc23)C[C@H]1C(=O)N[C@]1(C(=O)NS(=O)(=O)C2CC2)C[C@H]1C=C. The van der Waals surface area contributed by atoms with Gasteiger partial charge >= 0.3 is 6.03 Å². The van der Waals surface area contributed by atoms with Crippen LogP contribution in [0.4, 0.5) is 4.79 Å². The maximum Gasteiger partial charge on any atom is 0.315 e. The van der Waals surface area contributed by atoms with Crippen molar-refractivity contribution >= 4 is 68.1 Å². The number of unbranched alkanes of at least 4 members (excludes halogenated alkanes) is 1. The lowest BCUT2D eigenvalue weighted by molar-refractivity contribution is -0.142. The third-order valence-electron chi connectivity index (χ3n) is 11.7. The number of aromatic nitrogens is 1. The van der Waals surface area contributed by atoms with Crippen molar-refractivity contribution in [3.05, 3.63) is 55.8 Å². The Bertz CT molecular complexity index is 2190. The predicted molar refractivity (Wildman–Crippen MR) is 221 cm³/mol. The van der Waals surface area contributed by atoms with Crippen LogP contribution in [0.25, 0.3) is 10.8 Å². The van der Waals surface area contributed by atoms with Crippen LogP contribution in [0.2, 0.25) is 0 Å². The number of thioether (sulfide) groups is 1. The number of carbonyl (C=O) groups excluding carboxylic acids is 6. The van der Waals surface area contributed by atoms with E-state index in [1.807, 2.05) is 6.07 Å². The van der Waals surface area contributed by atoms with Crippen LogP contribution in [0, 0.1) is 5.92 Å². The zero-order valence-corrected chi connectivity index (χ0v) is 34.8. The van der Waals surface area contributed by atoms with Gasteiger partial charge in [0.15, 0.2) is 0 Å². The number of amides is 7. The van der Waals surface area contributed by atoms with E-state index in [1.54, 1.807) is 43.3 Å². The molecule has 2 aromatic rings. The number of nitrogens with zero attached hydrogens (tertiary/aromatic N) is 2. The van der Waals surface area contributed by atoms with Crippen molar-refractivity contribution in [2.24, 2.45) is 5.92 Å². The molecule has 2 aliphatic carbocycles. The summed E-state index contributed by atoms with van der Waals surface area (Å²) in [6.45, 7) is 6.76. The van der Waals surface area contributed by atoms with E-state index in [4.69, 9.17) is 9.47 Å². The second-order valence-corrected chi connectivity index (χ2v) is 19.0. The molecular formula is C40H50N8O10S2. The zero-order valence-electron chi connectivity index (χ0n) is 33.1. The number of hydrogen-bond donors (Lipinski definition) is 6. The molecule has 7 amide bonds. The first kappa shape index (κ1) is 42.7. The molecule has 1 aromatic carbocycles. The lowest BCUT2D eigenvalue weighted by Gasteiger charge is -2.30. The Labute approximate surface area is 351 Å². The number of ether oxygens (including phenoxy) is 2. The number of likely N-dealkylation sites (tertiary alicyclic amines) is 1. The molecule has 8 atom stereocenters. The fraction of sp³-hybridized carbons (Fsp3) is 0.525. The van der Waals surface area contributed by atoms with Crippen LogP contribution in [-0.2, 0) is 34.0 Å². The second kappa shape index (κ2) is 17.7. The Balaban J connectivity index is 1.08. The highest BCUT2D eigenvalue weighted by molar-refractivity contribution is 8.00. The molecule has 2 saturated carbocycles. The summed E-state index contributed by atoms with van der Waals surface area (Å²) in [5.74, 6) is -2.26. The molecule has 20 heteroatoms. The van der Waals surface area contributed by atoms with E-state index in [9.17, 15) is 37.2 Å². The number of pyridine rings is 1. The maximum atomic E-state index is 14.6. The molecule has 0 unspecified atom stereocenters. The fourth-order valence-corrected chi connectivity index (χ4v) is 11.0. The van der Waals surface area contributed by atoms with Crippen LogP contribution >= 0.6 is 11.8 Å². The third kappa shape index (κ3) is 9.33. The maximum absolute atomic E-state index is 14.6. The summed E-state index contributed by atoms with van der Waals surface area (Å²) in [6.07, 6.45) is 6.20. The van der Waals surface area contributed by atoms with Gasteiger partial charge in [0.1, 0.15) is 29.5 Å². The topological polar surface area (TPSA) is 243 Å². The molecule has 3 aliphatic heterocycles. The lowest BCUT2D eigenvalue weighted by atomic mass is 10.0. The van der Waals surface area contributed by atoms with Gasteiger partial charge < -0.3 is 41.0 Å². The first-order valence-electron chi connectivity index (χ1n) is 20.0. The molecule has 322 valence electrons. The van der Waals surface area contributed by atoms with Crippen molar-refractivity contribution in [3.63, 3.8) is 0 Å². The molecule has 6 N–H and O–H groups in total. The minimum Gasteiger partial charge on any atom is -0.497 e. The Morgan fingerprint density at radius 3 is 2.65 bits per heavy atom. The van der Waals surface area contributed by atoms with Crippen molar-refractivity contribution in [2.45, 2.75) is 97.7 Å².